The lowest BCUT2D eigenvalue weighted by Crippen LogP contribution is -2.38. The highest BCUT2D eigenvalue weighted by Gasteiger charge is 2.25. The Balaban J connectivity index is 1.67. The summed E-state index contributed by atoms with van der Waals surface area (Å²) < 4.78 is 49.1. The summed E-state index contributed by atoms with van der Waals surface area (Å²) in [6.45, 7) is 4.90. The van der Waals surface area contributed by atoms with Gasteiger partial charge >= 0.3 is 6.03 Å². The van der Waals surface area contributed by atoms with E-state index in [1.54, 1.807) is 12.1 Å². The molecule has 3 aromatic rings. The molecule has 0 radical (unpaired) electrons. The van der Waals surface area contributed by atoms with Gasteiger partial charge in [0.25, 0.3) is 0 Å². The second-order valence-corrected chi connectivity index (χ2v) is 7.90. The lowest BCUT2D eigenvalue weighted by atomic mass is 10.1. The highest BCUT2D eigenvalue weighted by atomic mass is 19.1. The number of hydrogen-bond acceptors (Lipinski definition) is 5. The van der Waals surface area contributed by atoms with Crippen LogP contribution in [0, 0.1) is 17.5 Å². The van der Waals surface area contributed by atoms with E-state index in [-0.39, 0.29) is 41.0 Å². The molecule has 0 aliphatic carbocycles. The van der Waals surface area contributed by atoms with Gasteiger partial charge in [-0.1, -0.05) is 6.07 Å². The van der Waals surface area contributed by atoms with Crippen molar-refractivity contribution in [2.45, 2.75) is 26.3 Å². The van der Waals surface area contributed by atoms with E-state index in [9.17, 15) is 18.0 Å². The minimum atomic E-state index is -0.883. The fourth-order valence-corrected chi connectivity index (χ4v) is 3.75. The molecule has 10 heteroatoms. The van der Waals surface area contributed by atoms with Crippen molar-refractivity contribution in [3.05, 3.63) is 65.4 Å². The molecule has 0 bridgehead atoms. The number of nitrogens with zero attached hydrogens (tertiary/aromatic N) is 3. The molecule has 33 heavy (non-hydrogen) atoms. The van der Waals surface area contributed by atoms with Gasteiger partial charge in [0.05, 0.1) is 24.1 Å². The summed E-state index contributed by atoms with van der Waals surface area (Å²) >= 11 is 0. The van der Waals surface area contributed by atoms with Crippen molar-refractivity contribution in [3.63, 3.8) is 0 Å². The third-order valence-electron chi connectivity index (χ3n) is 5.26. The zero-order valence-electron chi connectivity index (χ0n) is 18.0. The van der Waals surface area contributed by atoms with Crippen LogP contribution in [-0.4, -0.2) is 35.2 Å². The number of ether oxygens (including phenoxy) is 1. The van der Waals surface area contributed by atoms with E-state index in [1.807, 2.05) is 18.7 Å². The van der Waals surface area contributed by atoms with Gasteiger partial charge in [-0.05, 0) is 43.7 Å². The van der Waals surface area contributed by atoms with E-state index in [0.29, 0.717) is 24.4 Å². The van der Waals surface area contributed by atoms with Crippen molar-refractivity contribution in [1.82, 2.24) is 9.97 Å². The van der Waals surface area contributed by atoms with Crippen LogP contribution in [0.3, 0.4) is 0 Å². The van der Waals surface area contributed by atoms with Crippen molar-refractivity contribution in [1.29, 1.82) is 0 Å². The van der Waals surface area contributed by atoms with Gasteiger partial charge < -0.3 is 20.7 Å². The summed E-state index contributed by atoms with van der Waals surface area (Å²) in [6.07, 6.45) is 1.10. The van der Waals surface area contributed by atoms with Crippen LogP contribution in [0.2, 0.25) is 0 Å². The highest BCUT2D eigenvalue weighted by molar-refractivity contribution is 5.87. The first-order valence-electron chi connectivity index (χ1n) is 10.3. The Morgan fingerprint density at radius 1 is 1.18 bits per heavy atom. The number of nitrogens with two attached hydrogens (primary N) is 1. The molecule has 0 fully saturated rings. The van der Waals surface area contributed by atoms with Crippen LogP contribution in [0.1, 0.15) is 25.2 Å². The molecular formula is C23H22F3N5O2. The average Bonchev–Trinajstić information content (AvgIpc) is 2.76. The predicted octanol–water partition coefficient (Wildman–Crippen LogP) is 4.25. The molecule has 0 saturated heterocycles. The molecule has 2 amide bonds. The van der Waals surface area contributed by atoms with Crippen LogP contribution in [0.4, 0.5) is 29.3 Å². The SMILES string of the molecule is CC(C)N1CCOc2c(F)cc(-c3nc(Cc4ccc(NC(N)=O)c(F)c4)ncc3F)cc21. The van der Waals surface area contributed by atoms with Gasteiger partial charge in [-0.15, -0.1) is 0 Å². The number of fused-ring (bicyclic) bond motifs is 1. The zero-order valence-corrected chi connectivity index (χ0v) is 18.0. The third kappa shape index (κ3) is 4.69. The molecule has 172 valence electrons. The molecule has 0 unspecified atom stereocenters. The average molecular weight is 457 g/mol. The van der Waals surface area contributed by atoms with Gasteiger partial charge in [0.15, 0.2) is 17.4 Å². The van der Waals surface area contributed by atoms with Crippen LogP contribution >= 0.6 is 0 Å². The lowest BCUT2D eigenvalue weighted by molar-refractivity contribution is 0.259. The van der Waals surface area contributed by atoms with Crippen LogP contribution in [-0.2, 0) is 6.42 Å². The molecule has 7 nitrogen and oxygen atoms in total. The number of rotatable bonds is 5. The zero-order chi connectivity index (χ0) is 23.7. The molecule has 2 aromatic carbocycles. The summed E-state index contributed by atoms with van der Waals surface area (Å²) in [7, 11) is 0. The smallest absolute Gasteiger partial charge is 0.316 e. The molecule has 0 spiro atoms. The Morgan fingerprint density at radius 3 is 2.67 bits per heavy atom. The standard InChI is InChI=1S/C23H22F3N5O2/c1-12(2)31-5-6-33-22-16(25)9-14(10-19(22)31)21-17(26)11-28-20(30-21)8-13-3-4-18(15(24)7-13)29-23(27)32/h3-4,7,9-12H,5-6,8H2,1-2H3,(H3,27,29,32). The van der Waals surface area contributed by atoms with Crippen LogP contribution < -0.4 is 20.7 Å². The van der Waals surface area contributed by atoms with Crippen LogP contribution in [0.25, 0.3) is 11.3 Å². The van der Waals surface area contributed by atoms with Gasteiger partial charge in [0, 0.05) is 18.0 Å². The molecule has 2 heterocycles. The number of primary amides is 1. The van der Waals surface area contributed by atoms with Crippen LogP contribution in [0.15, 0.2) is 36.5 Å². The van der Waals surface area contributed by atoms with Crippen molar-refractivity contribution in [2.24, 2.45) is 5.73 Å². The molecule has 4 rings (SSSR count). The number of halogens is 3. The molecule has 1 aromatic heterocycles. The van der Waals surface area contributed by atoms with Gasteiger partial charge in [-0.3, -0.25) is 0 Å². The number of aromatic nitrogens is 2. The number of carbonyl (C=O) groups is 1. The summed E-state index contributed by atoms with van der Waals surface area (Å²) in [5, 5.41) is 2.18. The van der Waals surface area contributed by atoms with Gasteiger partial charge in [-0.25, -0.2) is 27.9 Å². The number of benzene rings is 2. The first-order valence-corrected chi connectivity index (χ1v) is 10.3. The molecule has 3 N–H and O–H groups in total. The van der Waals surface area contributed by atoms with E-state index in [2.05, 4.69) is 15.3 Å². The van der Waals surface area contributed by atoms with E-state index in [0.717, 1.165) is 6.20 Å². The maximum atomic E-state index is 14.8. The first-order chi connectivity index (χ1) is 15.7. The van der Waals surface area contributed by atoms with Crippen molar-refractivity contribution >= 4 is 17.4 Å². The van der Waals surface area contributed by atoms with Gasteiger partial charge in [0.1, 0.15) is 23.9 Å². The normalized spacial score (nSPS) is 13.0. The molecule has 0 atom stereocenters. The molecule has 0 saturated carbocycles. The minimum absolute atomic E-state index is 0.0616. The van der Waals surface area contributed by atoms with E-state index < -0.39 is 23.5 Å². The Kier molecular flexibility index (Phi) is 6.08. The quantitative estimate of drug-likeness (QED) is 0.598. The largest absolute Gasteiger partial charge is 0.486 e. The van der Waals surface area contributed by atoms with E-state index in [1.165, 1.54) is 18.2 Å². The van der Waals surface area contributed by atoms with E-state index >= 15 is 0 Å². The topological polar surface area (TPSA) is 93.4 Å². The Hall–Kier alpha value is -3.82. The molecule has 1 aliphatic rings. The minimum Gasteiger partial charge on any atom is -0.486 e. The Bertz CT molecular complexity index is 1220. The van der Waals surface area contributed by atoms with E-state index in [4.69, 9.17) is 10.5 Å². The number of carbonyl (C=O) groups excluding carboxylic acids is 1. The summed E-state index contributed by atoms with van der Waals surface area (Å²) in [5.74, 6) is -1.64. The molecular weight excluding hydrogens is 435 g/mol. The Labute approximate surface area is 188 Å². The van der Waals surface area contributed by atoms with Crippen LogP contribution in [0.5, 0.6) is 5.75 Å². The number of urea groups is 1. The van der Waals surface area contributed by atoms with Gasteiger partial charge in [0.2, 0.25) is 0 Å². The van der Waals surface area contributed by atoms with Crippen molar-refractivity contribution < 1.29 is 22.7 Å². The maximum Gasteiger partial charge on any atom is 0.316 e. The fourth-order valence-electron chi connectivity index (χ4n) is 3.75. The summed E-state index contributed by atoms with van der Waals surface area (Å²) in [4.78, 5) is 21.2. The lowest BCUT2D eigenvalue weighted by Gasteiger charge is -2.34. The fraction of sp³-hybridized carbons (Fsp3) is 0.261. The van der Waals surface area contributed by atoms with Gasteiger partial charge in [-0.2, -0.15) is 0 Å². The van der Waals surface area contributed by atoms with Crippen molar-refractivity contribution in [3.8, 4) is 17.0 Å². The number of nitrogens with one attached hydrogen (secondary N) is 1. The summed E-state index contributed by atoms with van der Waals surface area (Å²) in [5.41, 5.74) is 6.16. The number of anilines is 2. The molecule has 1 aliphatic heterocycles. The number of hydrogen-bond donors (Lipinski definition) is 2. The Morgan fingerprint density at radius 2 is 1.97 bits per heavy atom. The predicted molar refractivity (Wildman–Crippen MR) is 118 cm³/mol. The second-order valence-electron chi connectivity index (χ2n) is 7.90. The number of amides is 2. The summed E-state index contributed by atoms with van der Waals surface area (Å²) in [6, 6.07) is 6.17. The first kappa shape index (κ1) is 22.4. The second kappa shape index (κ2) is 8.97. The maximum absolute atomic E-state index is 14.8. The highest BCUT2D eigenvalue weighted by Crippen LogP contribution is 2.39. The van der Waals surface area contributed by atoms with Crippen molar-refractivity contribution in [2.75, 3.05) is 23.4 Å². The monoisotopic (exact) mass is 457 g/mol. The third-order valence-corrected chi connectivity index (χ3v) is 5.26.